The number of nitrogens with zero attached hydrogens (tertiary/aromatic N) is 4. The lowest BCUT2D eigenvalue weighted by Gasteiger charge is -2.29. The van der Waals surface area contributed by atoms with E-state index >= 15 is 0 Å². The maximum atomic E-state index is 5.88. The van der Waals surface area contributed by atoms with Crippen molar-refractivity contribution in [2.24, 2.45) is 0 Å². The highest BCUT2D eigenvalue weighted by molar-refractivity contribution is 6.36. The Labute approximate surface area is 353 Å². The van der Waals surface area contributed by atoms with E-state index in [9.17, 15) is 0 Å². The first-order valence-corrected chi connectivity index (χ1v) is 21.6. The molecule has 0 amide bonds. The van der Waals surface area contributed by atoms with E-state index in [1.807, 2.05) is 0 Å². The number of para-hydroxylation sites is 2. The van der Waals surface area contributed by atoms with E-state index in [1.165, 1.54) is 92.4 Å². The summed E-state index contributed by atoms with van der Waals surface area (Å²) in [6, 6.07) is 58.7. The number of benzene rings is 8. The van der Waals surface area contributed by atoms with Crippen molar-refractivity contribution in [2.75, 3.05) is 4.90 Å². The first-order valence-electron chi connectivity index (χ1n) is 21.6. The lowest BCUT2D eigenvalue weighted by Crippen LogP contribution is -2.15. The molecule has 8 aromatic carbocycles. The molecule has 0 unspecified atom stereocenters. The summed E-state index contributed by atoms with van der Waals surface area (Å²) in [4.78, 5) is 8.34. The molecule has 0 spiro atoms. The van der Waals surface area contributed by atoms with Crippen molar-refractivity contribution in [3.63, 3.8) is 0 Å². The molecule has 0 atom stereocenters. The highest BCUT2D eigenvalue weighted by atomic mass is 15.2. The van der Waals surface area contributed by atoms with Crippen molar-refractivity contribution >= 4 is 115 Å². The fourth-order valence-corrected chi connectivity index (χ4v) is 10.6. The first kappa shape index (κ1) is 34.7. The van der Waals surface area contributed by atoms with Crippen molar-refractivity contribution in [2.45, 2.75) is 52.4 Å². The van der Waals surface area contributed by atoms with Crippen LogP contribution in [0, 0.1) is 0 Å². The second-order valence-electron chi connectivity index (χ2n) is 19.3. The quantitative estimate of drug-likeness (QED) is 0.178. The predicted molar refractivity (Wildman–Crippen MR) is 261 cm³/mol. The van der Waals surface area contributed by atoms with Gasteiger partial charge in [0.25, 0.3) is 0 Å². The van der Waals surface area contributed by atoms with Crippen LogP contribution in [0.3, 0.4) is 0 Å². The number of fused-ring (bicyclic) bond motifs is 16. The third-order valence-electron chi connectivity index (χ3n) is 13.6. The largest absolute Gasteiger partial charge is 0.308 e. The molecular weight excluding hydrogens is 741 g/mol. The summed E-state index contributed by atoms with van der Waals surface area (Å²) < 4.78 is 5.03. The molecule has 0 radical (unpaired) electrons. The monoisotopic (exact) mass is 784 g/mol. The third kappa shape index (κ3) is 4.62. The van der Waals surface area contributed by atoms with Gasteiger partial charge in [-0.2, -0.15) is 0 Å². The van der Waals surface area contributed by atoms with Gasteiger partial charge >= 0.3 is 0 Å². The van der Waals surface area contributed by atoms with Crippen LogP contribution in [0.1, 0.15) is 52.7 Å². The maximum Gasteiger partial charge on any atom is 0.146 e. The van der Waals surface area contributed by atoms with Crippen LogP contribution in [0.25, 0.3) is 98.0 Å². The van der Waals surface area contributed by atoms with Gasteiger partial charge in [-0.1, -0.05) is 133 Å². The van der Waals surface area contributed by atoms with Gasteiger partial charge < -0.3 is 9.30 Å². The minimum Gasteiger partial charge on any atom is -0.308 e. The Morgan fingerprint density at radius 1 is 0.410 bits per heavy atom. The number of rotatable bonds is 3. The van der Waals surface area contributed by atoms with Gasteiger partial charge in [-0.05, 0) is 110 Å². The molecule has 0 aliphatic carbocycles. The Morgan fingerprint density at radius 3 is 1.64 bits per heavy atom. The van der Waals surface area contributed by atoms with Gasteiger partial charge in [-0.3, -0.25) is 4.40 Å². The highest BCUT2D eigenvalue weighted by Gasteiger charge is 2.30. The molecule has 0 aliphatic rings. The molecular formula is C57H44N4. The number of aromatic nitrogens is 3. The third-order valence-corrected chi connectivity index (χ3v) is 13.6. The van der Waals surface area contributed by atoms with E-state index in [4.69, 9.17) is 4.98 Å². The lowest BCUT2D eigenvalue weighted by molar-refractivity contribution is 0.591. The number of anilines is 3. The fraction of sp³-hybridized carbons (Fsp3) is 0.140. The normalized spacial score (nSPS) is 13.1. The van der Waals surface area contributed by atoms with Gasteiger partial charge in [0.2, 0.25) is 0 Å². The van der Waals surface area contributed by atoms with E-state index in [-0.39, 0.29) is 10.8 Å². The number of pyridine rings is 1. The van der Waals surface area contributed by atoms with Crippen molar-refractivity contribution < 1.29 is 0 Å². The van der Waals surface area contributed by atoms with Crippen LogP contribution < -0.4 is 4.90 Å². The molecule has 5 aromatic heterocycles. The van der Waals surface area contributed by atoms with Crippen molar-refractivity contribution in [3.8, 4) is 0 Å². The van der Waals surface area contributed by atoms with Crippen LogP contribution in [0.15, 0.2) is 158 Å². The zero-order valence-corrected chi connectivity index (χ0v) is 35.3. The average Bonchev–Trinajstić information content (AvgIpc) is 3.99. The summed E-state index contributed by atoms with van der Waals surface area (Å²) in [6.07, 6.45) is 0. The summed E-state index contributed by atoms with van der Waals surface area (Å²) in [7, 11) is 0. The van der Waals surface area contributed by atoms with Gasteiger partial charge in [0.1, 0.15) is 5.65 Å². The predicted octanol–water partition coefficient (Wildman–Crippen LogP) is 15.8. The van der Waals surface area contributed by atoms with Gasteiger partial charge in [0.05, 0.1) is 38.8 Å². The summed E-state index contributed by atoms with van der Waals surface area (Å²) >= 11 is 0. The zero-order chi connectivity index (χ0) is 41.1. The number of hydrogen-bond acceptors (Lipinski definition) is 2. The van der Waals surface area contributed by atoms with Gasteiger partial charge in [0.15, 0.2) is 0 Å². The Hall–Kier alpha value is -7.17. The topological polar surface area (TPSA) is 25.0 Å². The van der Waals surface area contributed by atoms with Gasteiger partial charge in [0, 0.05) is 49.1 Å². The second kappa shape index (κ2) is 11.8. The Bertz CT molecular complexity index is 3890. The summed E-state index contributed by atoms with van der Waals surface area (Å²) in [5, 5.41) is 13.8. The average molecular weight is 785 g/mol. The standard InChI is InChI=1S/C57H44N4/c1-56(2,3)35-28-42-43-29-36(57(4,5)6)31-48(59(37-19-9-7-10-20-37)38-21-11-8-12-22-38)53(43)60-47-32-44-41-27-34-18-14-16-24-40(34)50-49-39-23-15-13-17-33(39)25-26-46(49)61(54(41)50)55(44)58-51(47)45(30-35)52(42)60/h7-32H,1-6H3. The summed E-state index contributed by atoms with van der Waals surface area (Å²) in [5.41, 5.74) is 13.9. The van der Waals surface area contributed by atoms with Crippen LogP contribution in [0.4, 0.5) is 17.1 Å². The number of hydrogen-bond donors (Lipinski definition) is 0. The molecule has 13 aromatic rings. The zero-order valence-electron chi connectivity index (χ0n) is 35.3. The van der Waals surface area contributed by atoms with Crippen molar-refractivity contribution in [1.29, 1.82) is 0 Å². The molecule has 13 rings (SSSR count). The molecule has 0 N–H and O–H groups in total. The first-order chi connectivity index (χ1) is 29.5. The van der Waals surface area contributed by atoms with Crippen LogP contribution in [-0.2, 0) is 10.8 Å². The lowest BCUT2D eigenvalue weighted by atomic mass is 9.84. The summed E-state index contributed by atoms with van der Waals surface area (Å²) in [5.74, 6) is 0. The van der Waals surface area contributed by atoms with E-state index in [0.29, 0.717) is 0 Å². The molecule has 0 saturated carbocycles. The van der Waals surface area contributed by atoms with E-state index in [1.54, 1.807) is 0 Å². The molecule has 0 saturated heterocycles. The minimum absolute atomic E-state index is 0.0800. The summed E-state index contributed by atoms with van der Waals surface area (Å²) in [6.45, 7) is 14.0. The fourth-order valence-electron chi connectivity index (χ4n) is 10.6. The molecule has 4 heteroatoms. The Morgan fingerprint density at radius 2 is 0.967 bits per heavy atom. The molecule has 4 nitrogen and oxygen atoms in total. The SMILES string of the molecule is CC(C)(C)c1cc(N(c2ccccc2)c2ccccc2)c2c(c1)c1cc(C(C)(C)C)cc3c4nc5c(cc4n2c13)c1cc2ccccc2c2c3c4ccccc4ccc3n5c12. The molecule has 292 valence electrons. The molecule has 0 aliphatic heterocycles. The highest BCUT2D eigenvalue weighted by Crippen LogP contribution is 2.50. The van der Waals surface area contributed by atoms with Gasteiger partial charge in [-0.25, -0.2) is 4.98 Å². The van der Waals surface area contributed by atoms with Crippen molar-refractivity contribution in [3.05, 3.63) is 169 Å². The molecule has 0 bridgehead atoms. The molecule has 61 heavy (non-hydrogen) atoms. The van der Waals surface area contributed by atoms with E-state index < -0.39 is 0 Å². The van der Waals surface area contributed by atoms with E-state index in [0.717, 1.165) is 33.7 Å². The molecule has 5 heterocycles. The van der Waals surface area contributed by atoms with Crippen LogP contribution >= 0.6 is 0 Å². The van der Waals surface area contributed by atoms with Crippen molar-refractivity contribution in [1.82, 2.24) is 13.8 Å². The van der Waals surface area contributed by atoms with Crippen LogP contribution in [0.2, 0.25) is 0 Å². The Balaban J connectivity index is 1.27. The smallest absolute Gasteiger partial charge is 0.146 e. The van der Waals surface area contributed by atoms with E-state index in [2.05, 4.69) is 213 Å². The second-order valence-corrected chi connectivity index (χ2v) is 19.3. The van der Waals surface area contributed by atoms with Crippen LogP contribution in [0.5, 0.6) is 0 Å². The minimum atomic E-state index is -0.0890. The Kier molecular flexibility index (Phi) is 6.69. The van der Waals surface area contributed by atoms with Gasteiger partial charge in [-0.15, -0.1) is 0 Å². The maximum absolute atomic E-state index is 5.88. The van der Waals surface area contributed by atoms with Crippen LogP contribution in [-0.4, -0.2) is 13.8 Å². The molecule has 0 fully saturated rings.